The molecule has 0 unspecified atom stereocenters. The van der Waals surface area contributed by atoms with Gasteiger partial charge in [0, 0.05) is 13.1 Å². The van der Waals surface area contributed by atoms with Crippen molar-refractivity contribution in [1.82, 2.24) is 10.4 Å². The molecule has 3 N–H and O–H groups in total. The first-order valence-corrected chi connectivity index (χ1v) is 3.94. The van der Waals surface area contributed by atoms with Crippen LogP contribution in [-0.2, 0) is 4.79 Å². The molecule has 5 nitrogen and oxygen atoms in total. The normalized spacial score (nSPS) is 23.8. The molecule has 12 heavy (non-hydrogen) atoms. The standard InChI is InChI=1S/C7H14N2O3/c1-9-4-2-7(8-12,3-5-9)6(10)11/h8,12H,2-5H2,1H3,(H,10,11). The van der Waals surface area contributed by atoms with E-state index in [1.807, 2.05) is 17.4 Å². The Balaban J connectivity index is 2.63. The van der Waals surface area contributed by atoms with Gasteiger partial charge in [-0.3, -0.25) is 4.79 Å². The van der Waals surface area contributed by atoms with E-state index >= 15 is 0 Å². The Hall–Kier alpha value is -0.650. The second kappa shape index (κ2) is 3.38. The number of piperidine rings is 1. The summed E-state index contributed by atoms with van der Waals surface area (Å²) in [6, 6.07) is 0. The quantitative estimate of drug-likeness (QED) is 0.493. The largest absolute Gasteiger partial charge is 0.480 e. The van der Waals surface area contributed by atoms with Gasteiger partial charge in [0.25, 0.3) is 0 Å². The summed E-state index contributed by atoms with van der Waals surface area (Å²) < 4.78 is 0. The average Bonchev–Trinajstić information content (AvgIpc) is 2.06. The maximum Gasteiger partial charge on any atom is 0.326 e. The molecule has 0 saturated carbocycles. The van der Waals surface area contributed by atoms with Gasteiger partial charge in [0.2, 0.25) is 0 Å². The maximum atomic E-state index is 10.8. The SMILES string of the molecule is CN1CCC(NO)(C(=O)O)CC1. The lowest BCUT2D eigenvalue weighted by Crippen LogP contribution is -2.56. The zero-order chi connectivity index (χ0) is 9.19. The van der Waals surface area contributed by atoms with Crippen molar-refractivity contribution in [3.8, 4) is 0 Å². The molecule has 1 heterocycles. The Bertz CT molecular complexity index is 175. The lowest BCUT2D eigenvalue weighted by Gasteiger charge is -2.35. The molecule has 1 rings (SSSR count). The number of aliphatic carboxylic acids is 1. The third kappa shape index (κ3) is 1.57. The Kier molecular flexibility index (Phi) is 2.66. The molecule has 1 fully saturated rings. The van der Waals surface area contributed by atoms with Gasteiger partial charge in [0.1, 0.15) is 5.54 Å². The van der Waals surface area contributed by atoms with Gasteiger partial charge in [-0.2, -0.15) is 5.48 Å². The lowest BCUT2D eigenvalue weighted by molar-refractivity contribution is -0.152. The fourth-order valence-electron chi connectivity index (χ4n) is 1.37. The fourth-order valence-corrected chi connectivity index (χ4v) is 1.37. The first-order chi connectivity index (χ1) is 5.60. The van der Waals surface area contributed by atoms with E-state index in [4.69, 9.17) is 10.3 Å². The highest BCUT2D eigenvalue weighted by Crippen LogP contribution is 2.20. The number of rotatable bonds is 2. The van der Waals surface area contributed by atoms with E-state index < -0.39 is 11.5 Å². The van der Waals surface area contributed by atoms with E-state index in [0.717, 1.165) is 0 Å². The molecule has 0 aromatic rings. The zero-order valence-corrected chi connectivity index (χ0v) is 7.08. The van der Waals surface area contributed by atoms with Crippen molar-refractivity contribution in [2.45, 2.75) is 18.4 Å². The predicted octanol–water partition coefficient (Wildman–Crippen LogP) is -0.486. The summed E-state index contributed by atoms with van der Waals surface area (Å²) in [5.74, 6) is -0.974. The van der Waals surface area contributed by atoms with Crippen molar-refractivity contribution in [3.63, 3.8) is 0 Å². The van der Waals surface area contributed by atoms with E-state index in [1.54, 1.807) is 0 Å². The highest BCUT2D eigenvalue weighted by Gasteiger charge is 2.40. The molecule has 0 spiro atoms. The highest BCUT2D eigenvalue weighted by molar-refractivity contribution is 5.78. The topological polar surface area (TPSA) is 72.8 Å². The monoisotopic (exact) mass is 174 g/mol. The number of carbonyl (C=O) groups is 1. The Morgan fingerprint density at radius 2 is 2.00 bits per heavy atom. The molecule has 0 radical (unpaired) electrons. The van der Waals surface area contributed by atoms with E-state index in [2.05, 4.69) is 0 Å². The second-order valence-corrected chi connectivity index (χ2v) is 3.30. The van der Waals surface area contributed by atoms with Gasteiger partial charge in [-0.25, -0.2) is 0 Å². The number of nitrogens with one attached hydrogen (secondary N) is 1. The molecule has 70 valence electrons. The molecule has 1 saturated heterocycles. The number of hydrogen-bond donors (Lipinski definition) is 3. The van der Waals surface area contributed by atoms with Gasteiger partial charge in [-0.15, -0.1) is 0 Å². The number of nitrogens with zero attached hydrogens (tertiary/aromatic N) is 1. The third-order valence-electron chi connectivity index (χ3n) is 2.46. The number of carboxylic acid groups (broad SMARTS) is 1. The summed E-state index contributed by atoms with van der Waals surface area (Å²) in [6.45, 7) is 1.39. The fraction of sp³-hybridized carbons (Fsp3) is 0.857. The summed E-state index contributed by atoms with van der Waals surface area (Å²) in [6.07, 6.45) is 0.880. The molecular formula is C7H14N2O3. The van der Waals surface area contributed by atoms with Gasteiger partial charge in [0.15, 0.2) is 0 Å². The molecule has 0 aliphatic carbocycles. The molecule has 1 aliphatic rings. The summed E-state index contributed by atoms with van der Waals surface area (Å²) in [5.41, 5.74) is 0.793. The van der Waals surface area contributed by atoms with Crippen LogP contribution in [0.2, 0.25) is 0 Å². The molecule has 0 aromatic carbocycles. The Morgan fingerprint density at radius 3 is 2.33 bits per heavy atom. The number of hydroxylamine groups is 1. The smallest absolute Gasteiger partial charge is 0.326 e. The second-order valence-electron chi connectivity index (χ2n) is 3.30. The van der Waals surface area contributed by atoms with Crippen LogP contribution in [0.4, 0.5) is 0 Å². The summed E-state index contributed by atoms with van der Waals surface area (Å²) in [7, 11) is 1.93. The summed E-state index contributed by atoms with van der Waals surface area (Å²) in [4.78, 5) is 12.8. The van der Waals surface area contributed by atoms with Crippen molar-refractivity contribution in [1.29, 1.82) is 0 Å². The predicted molar refractivity (Wildman–Crippen MR) is 42.0 cm³/mol. The maximum absolute atomic E-state index is 10.8. The van der Waals surface area contributed by atoms with Gasteiger partial charge < -0.3 is 15.2 Å². The van der Waals surface area contributed by atoms with Crippen molar-refractivity contribution in [2.24, 2.45) is 0 Å². The van der Waals surface area contributed by atoms with Crippen LogP contribution in [0.3, 0.4) is 0 Å². The highest BCUT2D eigenvalue weighted by atomic mass is 16.5. The first kappa shape index (κ1) is 9.44. The van der Waals surface area contributed by atoms with E-state index in [-0.39, 0.29) is 0 Å². The zero-order valence-electron chi connectivity index (χ0n) is 7.08. The summed E-state index contributed by atoms with van der Waals surface area (Å²) in [5, 5.41) is 17.6. The van der Waals surface area contributed by atoms with Crippen LogP contribution in [-0.4, -0.2) is 46.9 Å². The Labute approximate surface area is 70.9 Å². The van der Waals surface area contributed by atoms with Crippen LogP contribution >= 0.6 is 0 Å². The summed E-state index contributed by atoms with van der Waals surface area (Å²) >= 11 is 0. The van der Waals surface area contributed by atoms with Gasteiger partial charge >= 0.3 is 5.97 Å². The van der Waals surface area contributed by atoms with Crippen LogP contribution < -0.4 is 5.48 Å². The molecule has 0 bridgehead atoms. The van der Waals surface area contributed by atoms with Crippen molar-refractivity contribution < 1.29 is 15.1 Å². The van der Waals surface area contributed by atoms with E-state index in [0.29, 0.717) is 25.9 Å². The molecule has 0 aromatic heterocycles. The van der Waals surface area contributed by atoms with Gasteiger partial charge in [-0.1, -0.05) is 0 Å². The average molecular weight is 174 g/mol. The molecule has 5 heteroatoms. The minimum atomic E-state index is -1.12. The van der Waals surface area contributed by atoms with Crippen molar-refractivity contribution >= 4 is 5.97 Å². The minimum absolute atomic E-state index is 0.440. The first-order valence-electron chi connectivity index (χ1n) is 3.94. The van der Waals surface area contributed by atoms with Crippen LogP contribution in [0, 0.1) is 0 Å². The van der Waals surface area contributed by atoms with Crippen LogP contribution in [0.15, 0.2) is 0 Å². The lowest BCUT2D eigenvalue weighted by atomic mass is 9.89. The molecule has 1 aliphatic heterocycles. The van der Waals surface area contributed by atoms with Crippen molar-refractivity contribution in [2.75, 3.05) is 20.1 Å². The van der Waals surface area contributed by atoms with Crippen molar-refractivity contribution in [3.05, 3.63) is 0 Å². The molecule has 0 atom stereocenters. The van der Waals surface area contributed by atoms with E-state index in [9.17, 15) is 4.79 Å². The van der Waals surface area contributed by atoms with Crippen LogP contribution in [0.1, 0.15) is 12.8 Å². The van der Waals surface area contributed by atoms with E-state index in [1.165, 1.54) is 0 Å². The number of hydrogen-bond acceptors (Lipinski definition) is 4. The van der Waals surface area contributed by atoms with Gasteiger partial charge in [0.05, 0.1) is 0 Å². The minimum Gasteiger partial charge on any atom is -0.480 e. The molecular weight excluding hydrogens is 160 g/mol. The number of carboxylic acids is 1. The van der Waals surface area contributed by atoms with Crippen LogP contribution in [0.25, 0.3) is 0 Å². The Morgan fingerprint density at radius 1 is 1.50 bits per heavy atom. The van der Waals surface area contributed by atoms with Gasteiger partial charge in [-0.05, 0) is 19.9 Å². The third-order valence-corrected chi connectivity index (χ3v) is 2.46. The number of likely N-dealkylation sites (tertiary alicyclic amines) is 1. The molecule has 0 amide bonds. The van der Waals surface area contributed by atoms with Crippen LogP contribution in [0.5, 0.6) is 0 Å².